The molecule has 0 saturated heterocycles. The van der Waals surface area contributed by atoms with E-state index >= 15 is 0 Å². The molecule has 0 spiro atoms. The van der Waals surface area contributed by atoms with Gasteiger partial charge in [-0.2, -0.15) is 4.31 Å². The van der Waals surface area contributed by atoms with Crippen molar-refractivity contribution >= 4 is 27.5 Å². The third-order valence-electron chi connectivity index (χ3n) is 8.30. The maximum absolute atomic E-state index is 14.3. The summed E-state index contributed by atoms with van der Waals surface area (Å²) in [6, 6.07) is 17.7. The molecule has 0 unspecified atom stereocenters. The highest BCUT2D eigenvalue weighted by molar-refractivity contribution is 7.89. The molecule has 0 bridgehead atoms. The molecule has 0 fully saturated rings. The Labute approximate surface area is 276 Å². The highest BCUT2D eigenvalue weighted by Crippen LogP contribution is 2.29. The second-order valence-corrected chi connectivity index (χ2v) is 14.1. The number of nitrogens with one attached hydrogen (secondary N) is 1. The molecule has 47 heavy (non-hydrogen) atoms. The Hall–Kier alpha value is -3.84. The monoisotopic (exact) mass is 669 g/mol. The Kier molecular flexibility index (Phi) is 12.5. The van der Waals surface area contributed by atoms with E-state index in [9.17, 15) is 27.5 Å². The van der Waals surface area contributed by atoms with Crippen molar-refractivity contribution in [3.05, 3.63) is 89.7 Å². The number of nitrogens with zero attached hydrogens (tertiary/aromatic N) is 2. The number of benzene rings is 3. The Morgan fingerprint density at radius 2 is 1.79 bits per heavy atom. The molecule has 1 aliphatic heterocycles. The molecule has 12 heteroatoms. The summed E-state index contributed by atoms with van der Waals surface area (Å²) in [4.78, 5) is 28.7. The van der Waals surface area contributed by atoms with Gasteiger partial charge in [-0.05, 0) is 87.7 Å². The number of carbonyl (C=O) groups excluding carboxylic acids is 2. The van der Waals surface area contributed by atoms with Crippen molar-refractivity contribution in [2.24, 2.45) is 5.92 Å². The van der Waals surface area contributed by atoms with Crippen molar-refractivity contribution in [1.29, 1.82) is 0 Å². The van der Waals surface area contributed by atoms with E-state index in [-0.39, 0.29) is 48.1 Å². The van der Waals surface area contributed by atoms with E-state index in [4.69, 9.17) is 9.47 Å². The molecule has 3 aromatic rings. The molecule has 4 atom stereocenters. The lowest BCUT2D eigenvalue weighted by atomic mass is 10.0. The van der Waals surface area contributed by atoms with Gasteiger partial charge in [0.15, 0.2) is 0 Å². The second-order valence-electron chi connectivity index (χ2n) is 12.1. The number of halogens is 1. The number of aliphatic hydroxyl groups is 1. The molecule has 3 aromatic carbocycles. The maximum Gasteiger partial charge on any atom is 0.258 e. The van der Waals surface area contributed by atoms with Crippen molar-refractivity contribution in [2.75, 3.05) is 38.7 Å². The molecule has 0 aliphatic carbocycles. The normalized spacial score (nSPS) is 20.5. The average molecular weight is 670 g/mol. The molecule has 10 nitrogen and oxygen atoms in total. The van der Waals surface area contributed by atoms with E-state index in [1.54, 1.807) is 49.4 Å². The number of likely N-dealkylation sites (N-methyl/N-ethyl adjacent to an activating group) is 1. The van der Waals surface area contributed by atoms with E-state index in [0.29, 0.717) is 36.4 Å². The Balaban J connectivity index is 1.65. The van der Waals surface area contributed by atoms with Gasteiger partial charge < -0.3 is 24.8 Å². The van der Waals surface area contributed by atoms with Gasteiger partial charge in [-0.15, -0.1) is 0 Å². The average Bonchev–Trinajstić information content (AvgIpc) is 3.06. The standard InChI is InChI=1S/C35H44FN3O7S/c1-24-21-39(25(2)23-40)35(42)31-20-29(37-34(41)27-11-6-5-7-12-27)15-18-32(31)46-26(3)10-8-9-19-45-33(24)22-38(4)47(43,44)30-16-13-28(36)14-17-30/h5-7,11-18,20,24-26,33,40H,8-10,19,21-23H2,1-4H3,(H,37,41)/t24-,25-,26+,33-/m0/s1. The van der Waals surface area contributed by atoms with Gasteiger partial charge in [0, 0.05) is 43.9 Å². The van der Waals surface area contributed by atoms with Crippen LogP contribution in [0.2, 0.25) is 0 Å². The second kappa shape index (κ2) is 16.3. The lowest BCUT2D eigenvalue weighted by Crippen LogP contribution is -2.48. The number of aliphatic hydroxyl groups excluding tert-OH is 1. The molecule has 4 rings (SSSR count). The Morgan fingerprint density at radius 3 is 2.47 bits per heavy atom. The van der Waals surface area contributed by atoms with Crippen molar-refractivity contribution in [3.8, 4) is 5.75 Å². The molecule has 1 aliphatic rings. The molecule has 2 N–H and O–H groups in total. The minimum absolute atomic E-state index is 0.0117. The fraction of sp³-hybridized carbons (Fsp3) is 0.429. The fourth-order valence-electron chi connectivity index (χ4n) is 5.39. The number of carbonyl (C=O) groups is 2. The van der Waals surface area contributed by atoms with Crippen LogP contribution in [0, 0.1) is 11.7 Å². The SMILES string of the molecule is C[C@@H]1CCCCO[C@@H](CN(C)S(=O)(=O)c2ccc(F)cc2)[C@@H](C)CN([C@@H](C)CO)C(=O)c2cc(NC(=O)c3ccccc3)ccc2O1. The zero-order chi connectivity index (χ0) is 34.1. The zero-order valence-corrected chi connectivity index (χ0v) is 28.1. The molecule has 1 heterocycles. The van der Waals surface area contributed by atoms with Crippen LogP contribution in [0.25, 0.3) is 0 Å². The lowest BCUT2D eigenvalue weighted by Gasteiger charge is -2.35. The number of hydrogen-bond acceptors (Lipinski definition) is 7. The number of amides is 2. The van der Waals surface area contributed by atoms with Crippen LogP contribution in [0.5, 0.6) is 5.75 Å². The highest BCUT2D eigenvalue weighted by atomic mass is 32.2. The first-order chi connectivity index (χ1) is 22.4. The van der Waals surface area contributed by atoms with Crippen molar-refractivity contribution in [2.45, 2.75) is 63.2 Å². The number of hydrogen-bond donors (Lipinski definition) is 2. The molecular formula is C35H44FN3O7S. The van der Waals surface area contributed by atoms with Crippen LogP contribution in [-0.2, 0) is 14.8 Å². The van der Waals surface area contributed by atoms with Gasteiger partial charge in [0.25, 0.3) is 11.8 Å². The van der Waals surface area contributed by atoms with Crippen LogP contribution in [0.1, 0.15) is 60.7 Å². The van der Waals surface area contributed by atoms with Crippen LogP contribution >= 0.6 is 0 Å². The van der Waals surface area contributed by atoms with E-state index in [2.05, 4.69) is 5.32 Å². The maximum atomic E-state index is 14.3. The topological polar surface area (TPSA) is 125 Å². The smallest absolute Gasteiger partial charge is 0.258 e. The molecule has 2 amide bonds. The van der Waals surface area contributed by atoms with E-state index in [0.717, 1.165) is 18.6 Å². The Morgan fingerprint density at radius 1 is 1.09 bits per heavy atom. The van der Waals surface area contributed by atoms with Crippen molar-refractivity contribution in [3.63, 3.8) is 0 Å². The minimum atomic E-state index is -3.95. The first-order valence-corrected chi connectivity index (χ1v) is 17.3. The van der Waals surface area contributed by atoms with E-state index in [1.165, 1.54) is 28.4 Å². The predicted octanol–water partition coefficient (Wildman–Crippen LogP) is 5.19. The number of anilines is 1. The summed E-state index contributed by atoms with van der Waals surface area (Å²) in [6.45, 7) is 5.68. The highest BCUT2D eigenvalue weighted by Gasteiger charge is 2.32. The van der Waals surface area contributed by atoms with Gasteiger partial charge in [-0.1, -0.05) is 25.1 Å². The van der Waals surface area contributed by atoms with Crippen LogP contribution in [0.15, 0.2) is 77.7 Å². The van der Waals surface area contributed by atoms with Gasteiger partial charge in [0.1, 0.15) is 11.6 Å². The van der Waals surface area contributed by atoms with Gasteiger partial charge in [0.05, 0.1) is 35.3 Å². The van der Waals surface area contributed by atoms with E-state index in [1.807, 2.05) is 19.9 Å². The summed E-state index contributed by atoms with van der Waals surface area (Å²) < 4.78 is 53.9. The quantitative estimate of drug-likeness (QED) is 0.338. The number of fused-ring (bicyclic) bond motifs is 1. The third kappa shape index (κ3) is 9.38. The van der Waals surface area contributed by atoms with Crippen LogP contribution < -0.4 is 10.1 Å². The molecular weight excluding hydrogens is 625 g/mol. The number of rotatable bonds is 8. The number of sulfonamides is 1. The van der Waals surface area contributed by atoms with Gasteiger partial charge in [0.2, 0.25) is 10.0 Å². The molecule has 0 aromatic heterocycles. The fourth-order valence-corrected chi connectivity index (χ4v) is 6.58. The van der Waals surface area contributed by atoms with Crippen LogP contribution in [-0.4, -0.2) is 86.1 Å². The summed E-state index contributed by atoms with van der Waals surface area (Å²) in [6.07, 6.45) is 1.31. The van der Waals surface area contributed by atoms with Crippen LogP contribution in [0.4, 0.5) is 10.1 Å². The third-order valence-corrected chi connectivity index (χ3v) is 10.1. The Bertz CT molecular complexity index is 1610. The summed E-state index contributed by atoms with van der Waals surface area (Å²) in [7, 11) is -2.51. The minimum Gasteiger partial charge on any atom is -0.490 e. The summed E-state index contributed by atoms with van der Waals surface area (Å²) >= 11 is 0. The first-order valence-electron chi connectivity index (χ1n) is 15.8. The van der Waals surface area contributed by atoms with Crippen molar-refractivity contribution in [1.82, 2.24) is 9.21 Å². The predicted molar refractivity (Wildman–Crippen MR) is 177 cm³/mol. The molecule has 0 radical (unpaired) electrons. The molecule has 254 valence electrons. The van der Waals surface area contributed by atoms with Crippen molar-refractivity contribution < 1.29 is 37.0 Å². The summed E-state index contributed by atoms with van der Waals surface area (Å²) in [5, 5.41) is 13.0. The zero-order valence-electron chi connectivity index (χ0n) is 27.3. The van der Waals surface area contributed by atoms with Gasteiger partial charge in [-0.25, -0.2) is 12.8 Å². The van der Waals surface area contributed by atoms with Gasteiger partial charge >= 0.3 is 0 Å². The first kappa shape index (κ1) is 36.0. The largest absolute Gasteiger partial charge is 0.490 e. The summed E-state index contributed by atoms with van der Waals surface area (Å²) in [5.41, 5.74) is 1.09. The van der Waals surface area contributed by atoms with Crippen LogP contribution in [0.3, 0.4) is 0 Å². The van der Waals surface area contributed by atoms with E-state index < -0.39 is 33.9 Å². The van der Waals surface area contributed by atoms with Gasteiger partial charge in [-0.3, -0.25) is 9.59 Å². The number of ether oxygens (including phenoxy) is 2. The lowest BCUT2D eigenvalue weighted by molar-refractivity contribution is -0.00834. The summed E-state index contributed by atoms with van der Waals surface area (Å²) in [5.74, 6) is -1.30. The molecule has 0 saturated carbocycles.